The van der Waals surface area contributed by atoms with Crippen LogP contribution in [0.1, 0.15) is 63.5 Å². The van der Waals surface area contributed by atoms with Crippen LogP contribution in [-0.2, 0) is 24.6 Å². The fraction of sp³-hybridized carbons (Fsp3) is 0.500. The van der Waals surface area contributed by atoms with Crippen LogP contribution in [-0.4, -0.2) is 49.9 Å². The molecular formula is C30H40N4O5. The van der Waals surface area contributed by atoms with Crippen LogP contribution in [0.2, 0.25) is 0 Å². The normalized spacial score (nSPS) is 19.2. The third-order valence-corrected chi connectivity index (χ3v) is 7.33. The summed E-state index contributed by atoms with van der Waals surface area (Å²) in [4.78, 5) is 42.6. The number of hydrogen-bond acceptors (Lipinski definition) is 5. The minimum absolute atomic E-state index is 0.0420. The highest BCUT2D eigenvalue weighted by atomic mass is 16.7. The number of carbonyl (C=O) groups excluding carboxylic acids is 3. The predicted molar refractivity (Wildman–Crippen MR) is 150 cm³/mol. The number of carbonyl (C=O) groups is 3. The molecule has 2 aliphatic rings. The van der Waals surface area contributed by atoms with Crippen LogP contribution in [0.3, 0.4) is 0 Å². The van der Waals surface area contributed by atoms with Gasteiger partial charge in [0.05, 0.1) is 18.7 Å². The largest absolute Gasteiger partial charge is 0.351 e. The fourth-order valence-electron chi connectivity index (χ4n) is 5.46. The average molecular weight is 537 g/mol. The first kappa shape index (κ1) is 28.6. The van der Waals surface area contributed by atoms with Gasteiger partial charge in [-0.15, -0.1) is 0 Å². The monoisotopic (exact) mass is 536 g/mol. The third kappa shape index (κ3) is 6.78. The molecule has 1 heterocycles. The minimum atomic E-state index is -1.59. The van der Waals surface area contributed by atoms with Crippen molar-refractivity contribution in [1.29, 1.82) is 0 Å². The Morgan fingerprint density at radius 2 is 1.67 bits per heavy atom. The number of anilines is 2. The lowest BCUT2D eigenvalue weighted by molar-refractivity contribution is -0.138. The van der Waals surface area contributed by atoms with Gasteiger partial charge in [-0.2, -0.15) is 0 Å². The maximum absolute atomic E-state index is 14.3. The fourth-order valence-corrected chi connectivity index (χ4v) is 5.46. The van der Waals surface area contributed by atoms with Gasteiger partial charge in [0, 0.05) is 30.5 Å². The molecular weight excluding hydrogens is 496 g/mol. The van der Waals surface area contributed by atoms with Crippen LogP contribution in [0.5, 0.6) is 0 Å². The molecule has 1 saturated carbocycles. The first-order valence-corrected chi connectivity index (χ1v) is 14.0. The van der Waals surface area contributed by atoms with Gasteiger partial charge in [-0.3, -0.25) is 9.59 Å². The first-order chi connectivity index (χ1) is 18.9. The summed E-state index contributed by atoms with van der Waals surface area (Å²) in [7, 11) is 0. The Hall–Kier alpha value is -3.43. The second kappa shape index (κ2) is 13.1. The predicted octanol–water partition coefficient (Wildman–Crippen LogP) is 4.60. The average Bonchev–Trinajstić information content (AvgIpc) is 3.13. The summed E-state index contributed by atoms with van der Waals surface area (Å²) in [5, 5.41) is 8.89. The number of aryl methyl sites for hydroxylation is 1. The zero-order valence-corrected chi connectivity index (χ0v) is 23.1. The number of amides is 4. The van der Waals surface area contributed by atoms with E-state index < -0.39 is 23.8 Å². The maximum Gasteiger partial charge on any atom is 0.316 e. The lowest BCUT2D eigenvalue weighted by atomic mass is 9.87. The zero-order chi connectivity index (χ0) is 27.8. The standard InChI is InChI=1S/C30H40N4O5/c1-4-38-27(39-5-2)20-34-25-14-10-9-13-24(25)30(28(34)36,33-29(37)32-22-11-7-6-8-12-22)19-26(35)31-23-17-15-21(3)16-18-23/h9-10,13-18,22,27H,4-8,11-12,19-20H2,1-3H3,(H,31,35)(H2,32,33,37). The second-order valence-electron chi connectivity index (χ2n) is 10.2. The summed E-state index contributed by atoms with van der Waals surface area (Å²) in [6.07, 6.45) is 4.15. The molecule has 2 aromatic carbocycles. The Morgan fingerprint density at radius 3 is 2.33 bits per heavy atom. The molecule has 39 heavy (non-hydrogen) atoms. The number of para-hydroxylation sites is 1. The van der Waals surface area contributed by atoms with Gasteiger partial charge in [-0.1, -0.05) is 55.2 Å². The van der Waals surface area contributed by atoms with Crippen molar-refractivity contribution in [2.45, 2.75) is 77.2 Å². The van der Waals surface area contributed by atoms with Crippen molar-refractivity contribution in [2.24, 2.45) is 0 Å². The van der Waals surface area contributed by atoms with Gasteiger partial charge in [-0.05, 0) is 51.8 Å². The lowest BCUT2D eigenvalue weighted by Gasteiger charge is -2.32. The van der Waals surface area contributed by atoms with E-state index >= 15 is 0 Å². The van der Waals surface area contributed by atoms with Crippen molar-refractivity contribution in [3.05, 3.63) is 59.7 Å². The van der Waals surface area contributed by atoms with Gasteiger partial charge in [0.2, 0.25) is 5.91 Å². The molecule has 4 rings (SSSR count). The molecule has 9 nitrogen and oxygen atoms in total. The molecule has 0 saturated heterocycles. The van der Waals surface area contributed by atoms with E-state index in [1.54, 1.807) is 11.0 Å². The molecule has 0 spiro atoms. The summed E-state index contributed by atoms with van der Waals surface area (Å²) >= 11 is 0. The number of nitrogens with one attached hydrogen (secondary N) is 3. The van der Waals surface area contributed by atoms with Crippen molar-refractivity contribution in [3.63, 3.8) is 0 Å². The van der Waals surface area contributed by atoms with E-state index in [0.717, 1.165) is 37.7 Å². The molecule has 4 amide bonds. The van der Waals surface area contributed by atoms with E-state index in [1.165, 1.54) is 0 Å². The highest BCUT2D eigenvalue weighted by Gasteiger charge is 2.53. The number of urea groups is 1. The van der Waals surface area contributed by atoms with Gasteiger partial charge >= 0.3 is 6.03 Å². The number of hydrogen-bond donors (Lipinski definition) is 3. The number of nitrogens with zero attached hydrogens (tertiary/aromatic N) is 1. The number of rotatable bonds is 11. The second-order valence-corrected chi connectivity index (χ2v) is 10.2. The number of ether oxygens (including phenoxy) is 2. The van der Waals surface area contributed by atoms with E-state index in [0.29, 0.717) is 30.2 Å². The highest BCUT2D eigenvalue weighted by molar-refractivity contribution is 6.12. The molecule has 3 N–H and O–H groups in total. The van der Waals surface area contributed by atoms with Gasteiger partial charge in [0.25, 0.3) is 5.91 Å². The molecule has 1 fully saturated rings. The van der Waals surface area contributed by atoms with Gasteiger partial charge in [0.15, 0.2) is 11.8 Å². The maximum atomic E-state index is 14.3. The van der Waals surface area contributed by atoms with Gasteiger partial charge in [-0.25, -0.2) is 4.79 Å². The van der Waals surface area contributed by atoms with E-state index in [2.05, 4.69) is 16.0 Å². The summed E-state index contributed by atoms with van der Waals surface area (Å²) in [5.41, 5.74) is 1.29. The number of fused-ring (bicyclic) bond motifs is 1. The molecule has 1 aliphatic heterocycles. The van der Waals surface area contributed by atoms with Crippen LogP contribution >= 0.6 is 0 Å². The molecule has 2 aromatic rings. The Balaban J connectivity index is 1.65. The van der Waals surface area contributed by atoms with Crippen molar-refractivity contribution in [1.82, 2.24) is 10.6 Å². The molecule has 210 valence electrons. The summed E-state index contributed by atoms with van der Waals surface area (Å²) in [5.74, 6) is -0.779. The first-order valence-electron chi connectivity index (χ1n) is 14.0. The Labute approximate surface area is 230 Å². The van der Waals surface area contributed by atoms with Crippen LogP contribution in [0.4, 0.5) is 16.2 Å². The van der Waals surface area contributed by atoms with E-state index in [4.69, 9.17) is 9.47 Å². The highest BCUT2D eigenvalue weighted by Crippen LogP contribution is 2.43. The molecule has 1 unspecified atom stereocenters. The van der Waals surface area contributed by atoms with Crippen molar-refractivity contribution in [3.8, 4) is 0 Å². The third-order valence-electron chi connectivity index (χ3n) is 7.33. The van der Waals surface area contributed by atoms with E-state index in [-0.39, 0.29) is 24.9 Å². The van der Waals surface area contributed by atoms with Crippen LogP contribution in [0.15, 0.2) is 48.5 Å². The van der Waals surface area contributed by atoms with Crippen LogP contribution in [0, 0.1) is 6.92 Å². The summed E-state index contributed by atoms with van der Waals surface area (Å²) in [6.45, 7) is 6.66. The van der Waals surface area contributed by atoms with Crippen molar-refractivity contribution < 1.29 is 23.9 Å². The van der Waals surface area contributed by atoms with Crippen molar-refractivity contribution >= 4 is 29.2 Å². The molecule has 1 atom stereocenters. The summed E-state index contributed by atoms with van der Waals surface area (Å²) in [6, 6.07) is 14.3. The van der Waals surface area contributed by atoms with Crippen LogP contribution < -0.4 is 20.9 Å². The topological polar surface area (TPSA) is 109 Å². The number of benzene rings is 2. The van der Waals surface area contributed by atoms with Crippen molar-refractivity contribution in [2.75, 3.05) is 30.0 Å². The molecule has 1 aliphatic carbocycles. The molecule has 0 bridgehead atoms. The van der Waals surface area contributed by atoms with E-state index in [1.807, 2.05) is 63.2 Å². The summed E-state index contributed by atoms with van der Waals surface area (Å²) < 4.78 is 11.5. The smallest absolute Gasteiger partial charge is 0.316 e. The zero-order valence-electron chi connectivity index (χ0n) is 23.1. The Bertz CT molecular complexity index is 1140. The molecule has 0 radical (unpaired) electrons. The Morgan fingerprint density at radius 1 is 1.00 bits per heavy atom. The molecule has 9 heteroatoms. The van der Waals surface area contributed by atoms with Gasteiger partial charge in [0.1, 0.15) is 0 Å². The van der Waals surface area contributed by atoms with Crippen LogP contribution in [0.25, 0.3) is 0 Å². The molecule has 0 aromatic heterocycles. The van der Waals surface area contributed by atoms with E-state index in [9.17, 15) is 14.4 Å². The quantitative estimate of drug-likeness (QED) is 0.364. The minimum Gasteiger partial charge on any atom is -0.351 e. The Kier molecular flexibility index (Phi) is 9.59. The lowest BCUT2D eigenvalue weighted by Crippen LogP contribution is -2.58. The SMILES string of the molecule is CCOC(CN1C(=O)C(CC(=O)Nc2ccc(C)cc2)(NC(=O)NC2CCCCC2)c2ccccc21)OCC. The van der Waals surface area contributed by atoms with Gasteiger partial charge < -0.3 is 30.3 Å².